The molecule has 5 rings (SSSR count). The standard InChI is InChI=1S/C19H21F2N7.3C2HF3O2/c1-26-8-12(7-16(22)18(26)13-6-11(20)2-3-15(13)21)27-9-14-17(10-27)25-28-19(14)23-4-5-24-28;3*3-2(4,5)1(6)7/h2-6,12,16,18H,7-10,22H2,1H3;3*(H,6,7)/t12-,16+,18-;;;/m1.../s1. The van der Waals surface area contributed by atoms with Crippen molar-refractivity contribution in [1.82, 2.24) is 29.6 Å². The van der Waals surface area contributed by atoms with Crippen LogP contribution in [0.3, 0.4) is 0 Å². The highest BCUT2D eigenvalue weighted by Crippen LogP contribution is 2.35. The van der Waals surface area contributed by atoms with Crippen molar-refractivity contribution in [2.45, 2.75) is 56.2 Å². The molecule has 2 aromatic heterocycles. The number of carboxylic acids is 3. The molecule has 0 amide bonds. The Labute approximate surface area is 266 Å². The number of alkyl halides is 9. The summed E-state index contributed by atoms with van der Waals surface area (Å²) in [5, 5.41) is 30.1. The number of nitrogens with zero attached hydrogens (tertiary/aromatic N) is 6. The predicted octanol–water partition coefficient (Wildman–Crippen LogP) is 3.39. The fraction of sp³-hybridized carbons (Fsp3) is 0.440. The van der Waals surface area contributed by atoms with Gasteiger partial charge in [0.25, 0.3) is 0 Å². The van der Waals surface area contributed by atoms with Crippen molar-refractivity contribution in [3.05, 3.63) is 59.0 Å². The highest BCUT2D eigenvalue weighted by molar-refractivity contribution is 5.73. The number of likely N-dealkylation sites (N-methyl/N-ethyl adjacent to an activating group) is 1. The number of piperidine rings is 1. The van der Waals surface area contributed by atoms with Crippen LogP contribution in [0, 0.1) is 11.6 Å². The number of carboxylic acid groups (broad SMARTS) is 3. The monoisotopic (exact) mass is 727 g/mol. The lowest BCUT2D eigenvalue weighted by atomic mass is 9.88. The van der Waals surface area contributed by atoms with Crippen LogP contribution in [-0.2, 0) is 27.5 Å². The van der Waals surface area contributed by atoms with Crippen LogP contribution in [0.25, 0.3) is 5.65 Å². The Hall–Kier alpha value is -4.71. The van der Waals surface area contributed by atoms with Crippen molar-refractivity contribution in [2.75, 3.05) is 13.6 Å². The van der Waals surface area contributed by atoms with Gasteiger partial charge in [-0.3, -0.25) is 9.80 Å². The first kappa shape index (κ1) is 40.5. The quantitative estimate of drug-likeness (QED) is 0.283. The Morgan fingerprint density at radius 3 is 1.84 bits per heavy atom. The van der Waals surface area contributed by atoms with E-state index < -0.39 is 48.1 Å². The predicted molar refractivity (Wildman–Crippen MR) is 139 cm³/mol. The zero-order valence-corrected chi connectivity index (χ0v) is 24.4. The lowest BCUT2D eigenvalue weighted by Gasteiger charge is -2.44. The Balaban J connectivity index is 0.000000325. The summed E-state index contributed by atoms with van der Waals surface area (Å²) in [6, 6.07) is 3.13. The number of aliphatic carboxylic acids is 3. The molecule has 2 aliphatic heterocycles. The van der Waals surface area contributed by atoms with E-state index in [0.29, 0.717) is 18.5 Å². The van der Waals surface area contributed by atoms with Gasteiger partial charge in [-0.1, -0.05) is 0 Å². The van der Waals surface area contributed by atoms with Gasteiger partial charge >= 0.3 is 36.4 Å². The number of fused-ring (bicyclic) bond motifs is 3. The number of nitrogens with two attached hydrogens (primary N) is 1. The number of rotatable bonds is 2. The molecule has 0 spiro atoms. The second-order valence-electron chi connectivity index (χ2n) is 10.1. The van der Waals surface area contributed by atoms with E-state index in [2.05, 4.69) is 20.1 Å². The van der Waals surface area contributed by atoms with Gasteiger partial charge in [-0.2, -0.15) is 49.7 Å². The SMILES string of the molecule is CN1C[C@H](N2Cc3nn4nccnc4c3C2)C[C@H](N)[C@H]1c1cc(F)ccc1F.O=C(O)C(F)(F)F.O=C(O)C(F)(F)F.O=C(O)C(F)(F)F. The van der Waals surface area contributed by atoms with Gasteiger partial charge in [0, 0.05) is 49.0 Å². The third-order valence-corrected chi connectivity index (χ3v) is 6.62. The first-order valence-electron chi connectivity index (χ1n) is 13.1. The third-order valence-electron chi connectivity index (χ3n) is 6.62. The summed E-state index contributed by atoms with van der Waals surface area (Å²) in [6.45, 7) is 2.17. The van der Waals surface area contributed by atoms with Crippen LogP contribution >= 0.6 is 0 Å². The van der Waals surface area contributed by atoms with E-state index >= 15 is 0 Å². The molecule has 1 saturated heterocycles. The second kappa shape index (κ2) is 15.7. The van der Waals surface area contributed by atoms with Crippen molar-refractivity contribution in [3.63, 3.8) is 0 Å². The molecule has 272 valence electrons. The highest BCUT2D eigenvalue weighted by Gasteiger charge is 2.41. The van der Waals surface area contributed by atoms with Gasteiger partial charge in [-0.05, 0) is 31.7 Å². The maximum atomic E-state index is 14.3. The van der Waals surface area contributed by atoms with Crippen molar-refractivity contribution in [3.8, 4) is 0 Å². The number of likely N-dealkylation sites (tertiary alicyclic amines) is 1. The fourth-order valence-electron chi connectivity index (χ4n) is 4.64. The van der Waals surface area contributed by atoms with E-state index in [4.69, 9.17) is 35.4 Å². The van der Waals surface area contributed by atoms with Gasteiger partial charge in [0.1, 0.15) is 11.6 Å². The summed E-state index contributed by atoms with van der Waals surface area (Å²) in [5.74, 6) is -9.13. The van der Waals surface area contributed by atoms with E-state index in [1.54, 1.807) is 17.0 Å². The van der Waals surface area contributed by atoms with Crippen LogP contribution in [0.4, 0.5) is 48.3 Å². The van der Waals surface area contributed by atoms with Crippen LogP contribution < -0.4 is 5.73 Å². The molecule has 3 aromatic rings. The summed E-state index contributed by atoms with van der Waals surface area (Å²) in [7, 11) is 1.92. The number of carbonyl (C=O) groups is 3. The molecular weight excluding hydrogens is 703 g/mol. The largest absolute Gasteiger partial charge is 0.490 e. The number of aromatic nitrogens is 4. The number of hydrogen-bond donors (Lipinski definition) is 4. The van der Waals surface area contributed by atoms with E-state index in [9.17, 15) is 48.3 Å². The van der Waals surface area contributed by atoms with Crippen LogP contribution in [-0.4, -0.2) is 107 Å². The van der Waals surface area contributed by atoms with Crippen LogP contribution in [0.2, 0.25) is 0 Å². The lowest BCUT2D eigenvalue weighted by molar-refractivity contribution is -0.193. The third kappa shape index (κ3) is 11.2. The topological polar surface area (TPSA) is 187 Å². The average Bonchev–Trinajstić information content (AvgIpc) is 3.52. The zero-order valence-electron chi connectivity index (χ0n) is 24.4. The molecule has 2 aliphatic rings. The normalized spacial score (nSPS) is 19.7. The van der Waals surface area contributed by atoms with Gasteiger partial charge in [-0.15, -0.1) is 4.63 Å². The minimum Gasteiger partial charge on any atom is -0.475 e. The van der Waals surface area contributed by atoms with E-state index in [1.807, 2.05) is 11.9 Å². The maximum Gasteiger partial charge on any atom is 0.490 e. The van der Waals surface area contributed by atoms with Gasteiger partial charge in [0.2, 0.25) is 0 Å². The molecule has 5 N–H and O–H groups in total. The summed E-state index contributed by atoms with van der Waals surface area (Å²) in [4.78, 5) is 35.4. The molecule has 49 heavy (non-hydrogen) atoms. The lowest BCUT2D eigenvalue weighted by Crippen LogP contribution is -2.54. The maximum absolute atomic E-state index is 14.3. The molecule has 0 radical (unpaired) electrons. The Bertz CT molecular complexity index is 1560. The van der Waals surface area contributed by atoms with Crippen molar-refractivity contribution < 1.29 is 78.0 Å². The Morgan fingerprint density at radius 1 is 0.857 bits per heavy atom. The van der Waals surface area contributed by atoms with Crippen molar-refractivity contribution in [1.29, 1.82) is 0 Å². The Kier molecular flexibility index (Phi) is 12.9. The van der Waals surface area contributed by atoms with Gasteiger partial charge < -0.3 is 21.1 Å². The highest BCUT2D eigenvalue weighted by atomic mass is 19.4. The number of benzene rings is 1. The molecule has 1 fully saturated rings. The van der Waals surface area contributed by atoms with Crippen LogP contribution in [0.15, 0.2) is 30.6 Å². The minimum absolute atomic E-state index is 0.207. The molecule has 4 heterocycles. The van der Waals surface area contributed by atoms with Crippen molar-refractivity contribution in [2.24, 2.45) is 5.73 Å². The molecule has 1 aromatic carbocycles. The van der Waals surface area contributed by atoms with Gasteiger partial charge in [0.15, 0.2) is 5.65 Å². The molecule has 0 bridgehead atoms. The average molecular weight is 727 g/mol. The Morgan fingerprint density at radius 2 is 1.37 bits per heavy atom. The summed E-state index contributed by atoms with van der Waals surface area (Å²) >= 11 is 0. The molecule has 24 heteroatoms. The summed E-state index contributed by atoms with van der Waals surface area (Å²) in [5.41, 5.74) is 9.65. The zero-order chi connectivity index (χ0) is 37.6. The number of hydrogen-bond acceptors (Lipinski definition) is 9. The first-order chi connectivity index (χ1) is 22.3. The smallest absolute Gasteiger partial charge is 0.475 e. The molecule has 3 atom stereocenters. The molecular formula is C25H24F11N7O6. The summed E-state index contributed by atoms with van der Waals surface area (Å²) in [6.07, 6.45) is -11.3. The van der Waals surface area contributed by atoms with E-state index in [0.717, 1.165) is 36.1 Å². The molecule has 0 aliphatic carbocycles. The second-order valence-corrected chi connectivity index (χ2v) is 10.1. The molecule has 0 unspecified atom stereocenters. The van der Waals surface area contributed by atoms with Crippen LogP contribution in [0.1, 0.15) is 29.3 Å². The fourth-order valence-corrected chi connectivity index (χ4v) is 4.64. The van der Waals surface area contributed by atoms with E-state index in [1.165, 1.54) is 12.1 Å². The minimum atomic E-state index is -5.08. The molecule has 13 nitrogen and oxygen atoms in total. The molecule has 0 saturated carbocycles. The van der Waals surface area contributed by atoms with Crippen LogP contribution in [0.5, 0.6) is 0 Å². The number of halogens is 11. The summed E-state index contributed by atoms with van der Waals surface area (Å²) < 4.78 is 125. The first-order valence-corrected chi connectivity index (χ1v) is 13.1. The van der Waals surface area contributed by atoms with Crippen molar-refractivity contribution >= 4 is 23.6 Å². The van der Waals surface area contributed by atoms with Gasteiger partial charge in [-0.25, -0.2) is 28.1 Å². The van der Waals surface area contributed by atoms with E-state index in [-0.39, 0.29) is 18.1 Å². The van der Waals surface area contributed by atoms with Gasteiger partial charge in [0.05, 0.1) is 17.9 Å².